The van der Waals surface area contributed by atoms with Gasteiger partial charge >= 0.3 is 0 Å². The van der Waals surface area contributed by atoms with Gasteiger partial charge in [-0.1, -0.05) is 42.5 Å². The van der Waals surface area contributed by atoms with Gasteiger partial charge in [-0.25, -0.2) is 0 Å². The first-order valence-electron chi connectivity index (χ1n) is 7.16. The van der Waals surface area contributed by atoms with Gasteiger partial charge in [0.15, 0.2) is 0 Å². The number of aryl methyl sites for hydroxylation is 2. The van der Waals surface area contributed by atoms with Crippen molar-refractivity contribution in [3.8, 4) is 0 Å². The number of hydrogen-bond acceptors (Lipinski definition) is 2. The highest BCUT2D eigenvalue weighted by Crippen LogP contribution is 2.38. The summed E-state index contributed by atoms with van der Waals surface area (Å²) in [4.78, 5) is 0. The smallest absolute Gasteiger partial charge is 0.0393 e. The highest BCUT2D eigenvalue weighted by molar-refractivity contribution is 7.26. The molecule has 0 unspecified atom stereocenters. The second-order valence-corrected chi connectivity index (χ2v) is 6.33. The molecule has 0 bridgehead atoms. The van der Waals surface area contributed by atoms with Gasteiger partial charge in [0.2, 0.25) is 0 Å². The number of rotatable bonds is 3. The third-order valence-corrected chi connectivity index (χ3v) is 5.30. The van der Waals surface area contributed by atoms with Gasteiger partial charge in [0.25, 0.3) is 0 Å². The maximum Gasteiger partial charge on any atom is 0.0393 e. The molecule has 0 fully saturated rings. The monoisotopic (exact) mass is 293 g/mol. The molecule has 1 heterocycles. The van der Waals surface area contributed by atoms with Crippen molar-refractivity contribution in [3.63, 3.8) is 0 Å². The highest BCUT2D eigenvalue weighted by Gasteiger charge is 2.11. The lowest BCUT2D eigenvalue weighted by Gasteiger charge is -2.04. The molecule has 2 heteroatoms. The molecule has 1 aromatic heterocycles. The lowest BCUT2D eigenvalue weighted by Crippen LogP contribution is -1.87. The predicted molar refractivity (Wildman–Crippen MR) is 95.0 cm³/mol. The highest BCUT2D eigenvalue weighted by atomic mass is 32.1. The Labute approximate surface area is 129 Å². The molecule has 3 rings (SSSR count). The minimum Gasteiger partial charge on any atom is -0.405 e. The molecule has 0 saturated heterocycles. The Kier molecular flexibility index (Phi) is 3.80. The summed E-state index contributed by atoms with van der Waals surface area (Å²) in [5.74, 6) is 0. The zero-order valence-corrected chi connectivity index (χ0v) is 13.2. The third kappa shape index (κ3) is 2.47. The summed E-state index contributed by atoms with van der Waals surface area (Å²) in [6, 6.07) is 11.1. The van der Waals surface area contributed by atoms with Crippen LogP contribution in [-0.2, 0) is 6.42 Å². The van der Waals surface area contributed by atoms with E-state index in [1.54, 1.807) is 6.20 Å². The molecule has 0 saturated carbocycles. The van der Waals surface area contributed by atoms with E-state index in [2.05, 4.69) is 50.3 Å². The van der Waals surface area contributed by atoms with Gasteiger partial charge in [0.05, 0.1) is 0 Å². The summed E-state index contributed by atoms with van der Waals surface area (Å²) < 4.78 is 2.82. The molecule has 0 spiro atoms. The van der Waals surface area contributed by atoms with E-state index in [1.165, 1.54) is 36.9 Å². The van der Waals surface area contributed by atoms with Crippen LogP contribution in [0.2, 0.25) is 0 Å². The van der Waals surface area contributed by atoms with Crippen molar-refractivity contribution < 1.29 is 0 Å². The summed E-state index contributed by atoms with van der Waals surface area (Å²) in [6.07, 6.45) is 8.55. The van der Waals surface area contributed by atoms with E-state index in [4.69, 9.17) is 5.73 Å². The van der Waals surface area contributed by atoms with Crippen molar-refractivity contribution in [3.05, 3.63) is 71.5 Å². The van der Waals surface area contributed by atoms with Crippen molar-refractivity contribution >= 4 is 31.5 Å². The zero-order chi connectivity index (χ0) is 14.8. The minimum atomic E-state index is 0.944. The van der Waals surface area contributed by atoms with Crippen molar-refractivity contribution in [1.82, 2.24) is 0 Å². The Morgan fingerprint density at radius 2 is 1.76 bits per heavy atom. The molecule has 106 valence electrons. The first kappa shape index (κ1) is 13.9. The molecular weight excluding hydrogens is 274 g/mol. The van der Waals surface area contributed by atoms with Crippen molar-refractivity contribution in [2.75, 3.05) is 0 Å². The predicted octanol–water partition coefficient (Wildman–Crippen LogP) is 5.24. The zero-order valence-electron chi connectivity index (χ0n) is 12.4. The van der Waals surface area contributed by atoms with Crippen molar-refractivity contribution in [2.24, 2.45) is 5.73 Å². The van der Waals surface area contributed by atoms with Crippen LogP contribution in [-0.4, -0.2) is 0 Å². The summed E-state index contributed by atoms with van der Waals surface area (Å²) in [5.41, 5.74) is 9.51. The number of thiophene rings is 1. The Hall–Kier alpha value is -2.06. The maximum atomic E-state index is 5.37. The normalized spacial score (nSPS) is 12.3. The fourth-order valence-corrected chi connectivity index (χ4v) is 4.12. The molecule has 3 aromatic rings. The fourth-order valence-electron chi connectivity index (χ4n) is 2.74. The number of nitrogens with two attached hydrogens (primary N) is 1. The van der Waals surface area contributed by atoms with E-state index in [-0.39, 0.29) is 0 Å². The van der Waals surface area contributed by atoms with Gasteiger partial charge in [-0.2, -0.15) is 0 Å². The van der Waals surface area contributed by atoms with E-state index in [9.17, 15) is 0 Å². The van der Waals surface area contributed by atoms with Crippen LogP contribution in [0.25, 0.3) is 20.2 Å². The van der Waals surface area contributed by atoms with Crippen molar-refractivity contribution in [2.45, 2.75) is 20.3 Å². The first-order chi connectivity index (χ1) is 10.2. The van der Waals surface area contributed by atoms with Crippen LogP contribution < -0.4 is 5.73 Å². The van der Waals surface area contributed by atoms with Crippen LogP contribution in [0.4, 0.5) is 0 Å². The van der Waals surface area contributed by atoms with Gasteiger partial charge in [0.1, 0.15) is 0 Å². The Morgan fingerprint density at radius 1 is 0.952 bits per heavy atom. The summed E-state index contributed by atoms with van der Waals surface area (Å²) in [7, 11) is 0. The van der Waals surface area contributed by atoms with E-state index in [0.29, 0.717) is 0 Å². The van der Waals surface area contributed by atoms with Gasteiger partial charge in [-0.15, -0.1) is 11.3 Å². The summed E-state index contributed by atoms with van der Waals surface area (Å²) in [5, 5.41) is 2.75. The third-order valence-electron chi connectivity index (χ3n) is 3.88. The second kappa shape index (κ2) is 5.74. The van der Waals surface area contributed by atoms with E-state index >= 15 is 0 Å². The molecule has 0 amide bonds. The molecule has 0 aliphatic carbocycles. The molecule has 2 N–H and O–H groups in total. The molecule has 0 radical (unpaired) electrons. The van der Waals surface area contributed by atoms with Crippen LogP contribution in [0.3, 0.4) is 0 Å². The van der Waals surface area contributed by atoms with Gasteiger partial charge in [0, 0.05) is 20.2 Å². The molecule has 0 atom stereocenters. The van der Waals surface area contributed by atoms with E-state index in [1.807, 2.05) is 23.5 Å². The lowest BCUT2D eigenvalue weighted by molar-refractivity contribution is 1.25. The molecule has 0 aliphatic heterocycles. The van der Waals surface area contributed by atoms with E-state index in [0.717, 1.165) is 6.42 Å². The van der Waals surface area contributed by atoms with Crippen molar-refractivity contribution in [1.29, 1.82) is 0 Å². The number of fused-ring (bicyclic) bond motifs is 3. The lowest BCUT2D eigenvalue weighted by atomic mass is 10.0. The molecule has 2 aromatic carbocycles. The second-order valence-electron chi connectivity index (χ2n) is 5.31. The van der Waals surface area contributed by atoms with Crippen LogP contribution in [0.5, 0.6) is 0 Å². The average molecular weight is 293 g/mol. The minimum absolute atomic E-state index is 0.944. The standard InChI is InChI=1S/C19H19NS/c1-13-10-11-17-16-9-6-7-14(2)18(16)21-19(17)15(13)8-4-3-5-12-20/h3-7,9-12H,8,20H2,1-2H3/b4-3-,12-5-. The largest absolute Gasteiger partial charge is 0.405 e. The fraction of sp³-hybridized carbons (Fsp3) is 0.158. The number of allylic oxidation sites excluding steroid dienone is 3. The van der Waals surface area contributed by atoms with E-state index < -0.39 is 0 Å². The summed E-state index contributed by atoms with van der Waals surface area (Å²) in [6.45, 7) is 4.38. The first-order valence-corrected chi connectivity index (χ1v) is 7.97. The number of hydrogen-bond donors (Lipinski definition) is 1. The summed E-state index contributed by atoms with van der Waals surface area (Å²) >= 11 is 1.92. The van der Waals surface area contributed by atoms with Crippen LogP contribution in [0.15, 0.2) is 54.8 Å². The Balaban J connectivity index is 2.21. The van der Waals surface area contributed by atoms with Crippen LogP contribution in [0.1, 0.15) is 16.7 Å². The van der Waals surface area contributed by atoms with Gasteiger partial charge in [-0.05, 0) is 49.2 Å². The molecule has 21 heavy (non-hydrogen) atoms. The molecule has 1 nitrogen and oxygen atoms in total. The van der Waals surface area contributed by atoms with Crippen LogP contribution in [0, 0.1) is 13.8 Å². The Bertz CT molecular complexity index is 853. The SMILES string of the molecule is Cc1ccc2c(sc3c(C)cccc32)c1C/C=C\C=C/N. The molecule has 0 aliphatic rings. The quantitative estimate of drug-likeness (QED) is 0.656. The topological polar surface area (TPSA) is 26.0 Å². The van der Waals surface area contributed by atoms with Gasteiger partial charge in [-0.3, -0.25) is 0 Å². The van der Waals surface area contributed by atoms with Crippen LogP contribution >= 0.6 is 11.3 Å². The number of benzene rings is 2. The van der Waals surface area contributed by atoms with Gasteiger partial charge < -0.3 is 5.73 Å². The Morgan fingerprint density at radius 3 is 2.57 bits per heavy atom. The average Bonchev–Trinajstić information content (AvgIpc) is 2.86. The molecular formula is C19H19NS. The maximum absolute atomic E-state index is 5.37.